The van der Waals surface area contributed by atoms with Gasteiger partial charge in [0.25, 0.3) is 0 Å². The summed E-state index contributed by atoms with van der Waals surface area (Å²) in [6.07, 6.45) is 1.38. The monoisotopic (exact) mass is 258 g/mol. The molecule has 1 atom stereocenters. The standard InChI is InChI=1S/C10H14N2O2S2/c13-7-3-6(4-7)10-11-9(12-14-10)8-5-15-1-2-16-8/h6-8,13H,1-5H2. The van der Waals surface area contributed by atoms with Crippen molar-refractivity contribution in [2.75, 3.05) is 17.3 Å². The van der Waals surface area contributed by atoms with Crippen LogP contribution in [0.4, 0.5) is 0 Å². The van der Waals surface area contributed by atoms with E-state index in [4.69, 9.17) is 4.52 Å². The summed E-state index contributed by atoms with van der Waals surface area (Å²) in [5.41, 5.74) is 0. The Hall–Kier alpha value is -0.200. The van der Waals surface area contributed by atoms with E-state index in [0.717, 1.165) is 30.3 Å². The van der Waals surface area contributed by atoms with Gasteiger partial charge in [-0.15, -0.1) is 11.8 Å². The van der Waals surface area contributed by atoms with Gasteiger partial charge in [-0.2, -0.15) is 16.7 Å². The number of rotatable bonds is 2. The fraction of sp³-hybridized carbons (Fsp3) is 0.800. The summed E-state index contributed by atoms with van der Waals surface area (Å²) in [6.45, 7) is 0. The summed E-state index contributed by atoms with van der Waals surface area (Å²) < 4.78 is 5.28. The minimum absolute atomic E-state index is 0.167. The maximum atomic E-state index is 9.24. The molecule has 6 heteroatoms. The van der Waals surface area contributed by atoms with Crippen LogP contribution in [0.1, 0.15) is 35.7 Å². The Balaban J connectivity index is 1.67. The van der Waals surface area contributed by atoms with Crippen molar-refractivity contribution < 1.29 is 9.63 Å². The Labute approximate surface area is 103 Å². The molecular weight excluding hydrogens is 244 g/mol. The second-order valence-electron chi connectivity index (χ2n) is 4.25. The molecule has 1 saturated heterocycles. The zero-order chi connectivity index (χ0) is 11.0. The van der Waals surface area contributed by atoms with Gasteiger partial charge in [-0.25, -0.2) is 0 Å². The number of hydrogen-bond donors (Lipinski definition) is 1. The number of aliphatic hydroxyl groups is 1. The van der Waals surface area contributed by atoms with Gasteiger partial charge < -0.3 is 9.63 Å². The van der Waals surface area contributed by atoms with E-state index in [1.165, 1.54) is 11.5 Å². The molecule has 2 fully saturated rings. The van der Waals surface area contributed by atoms with Gasteiger partial charge >= 0.3 is 0 Å². The van der Waals surface area contributed by atoms with E-state index in [1.807, 2.05) is 23.5 Å². The molecule has 4 nitrogen and oxygen atoms in total. The topological polar surface area (TPSA) is 59.2 Å². The molecule has 1 aliphatic carbocycles. The third-order valence-electron chi connectivity index (χ3n) is 3.02. The third-order valence-corrected chi connectivity index (χ3v) is 5.77. The first-order valence-electron chi connectivity index (χ1n) is 5.54. The average molecular weight is 258 g/mol. The second-order valence-corrected chi connectivity index (χ2v) is 6.71. The molecule has 16 heavy (non-hydrogen) atoms. The lowest BCUT2D eigenvalue weighted by Crippen LogP contribution is -2.26. The molecule has 2 heterocycles. The fourth-order valence-corrected chi connectivity index (χ4v) is 4.56. The number of thioether (sulfide) groups is 2. The number of hydrogen-bond acceptors (Lipinski definition) is 6. The maximum Gasteiger partial charge on any atom is 0.229 e. The fourth-order valence-electron chi connectivity index (χ4n) is 1.97. The van der Waals surface area contributed by atoms with Crippen LogP contribution >= 0.6 is 23.5 Å². The third kappa shape index (κ3) is 2.10. The first kappa shape index (κ1) is 10.9. The Kier molecular flexibility index (Phi) is 3.13. The van der Waals surface area contributed by atoms with E-state index in [0.29, 0.717) is 5.25 Å². The number of aliphatic hydroxyl groups excluding tert-OH is 1. The minimum Gasteiger partial charge on any atom is -0.393 e. The van der Waals surface area contributed by atoms with E-state index in [-0.39, 0.29) is 12.0 Å². The highest BCUT2D eigenvalue weighted by Gasteiger charge is 2.34. The van der Waals surface area contributed by atoms with E-state index < -0.39 is 0 Å². The van der Waals surface area contributed by atoms with Crippen LogP contribution in [0.5, 0.6) is 0 Å². The van der Waals surface area contributed by atoms with E-state index in [9.17, 15) is 5.11 Å². The molecule has 1 saturated carbocycles. The zero-order valence-electron chi connectivity index (χ0n) is 8.83. The van der Waals surface area contributed by atoms with Gasteiger partial charge in [-0.1, -0.05) is 5.16 Å². The molecular formula is C10H14N2O2S2. The lowest BCUT2D eigenvalue weighted by Gasteiger charge is -2.27. The van der Waals surface area contributed by atoms with Gasteiger partial charge in [0.2, 0.25) is 5.89 Å². The summed E-state index contributed by atoms with van der Waals surface area (Å²) in [6, 6.07) is 0. The van der Waals surface area contributed by atoms with Gasteiger partial charge in [0, 0.05) is 23.2 Å². The minimum atomic E-state index is -0.167. The molecule has 1 aromatic rings. The molecule has 0 aromatic carbocycles. The summed E-state index contributed by atoms with van der Waals surface area (Å²) in [5.74, 6) is 5.32. The predicted molar refractivity (Wildman–Crippen MR) is 64.8 cm³/mol. The van der Waals surface area contributed by atoms with Gasteiger partial charge in [-0.05, 0) is 12.8 Å². The molecule has 2 aliphatic rings. The van der Waals surface area contributed by atoms with Crippen molar-refractivity contribution in [3.05, 3.63) is 11.7 Å². The molecule has 88 valence electrons. The van der Waals surface area contributed by atoms with E-state index in [2.05, 4.69) is 10.1 Å². The Morgan fingerprint density at radius 3 is 2.88 bits per heavy atom. The van der Waals surface area contributed by atoms with Crippen LogP contribution in [0.2, 0.25) is 0 Å². The van der Waals surface area contributed by atoms with Crippen molar-refractivity contribution >= 4 is 23.5 Å². The van der Waals surface area contributed by atoms with Crippen molar-refractivity contribution in [1.82, 2.24) is 10.1 Å². The Morgan fingerprint density at radius 2 is 2.19 bits per heavy atom. The lowest BCUT2D eigenvalue weighted by atomic mass is 9.82. The molecule has 0 radical (unpaired) electrons. The highest BCUT2D eigenvalue weighted by molar-refractivity contribution is 8.06. The SMILES string of the molecule is OC1CC(c2nc(C3CSCCS3)no2)C1. The molecule has 0 amide bonds. The molecule has 1 unspecified atom stereocenters. The summed E-state index contributed by atoms with van der Waals surface area (Å²) in [7, 11) is 0. The first-order chi connectivity index (χ1) is 7.83. The van der Waals surface area contributed by atoms with E-state index >= 15 is 0 Å². The molecule has 1 N–H and O–H groups in total. The molecule has 3 rings (SSSR count). The zero-order valence-corrected chi connectivity index (χ0v) is 10.5. The second kappa shape index (κ2) is 4.58. The predicted octanol–water partition coefficient (Wildman–Crippen LogP) is 1.83. The van der Waals surface area contributed by atoms with Crippen LogP contribution in [-0.2, 0) is 0 Å². The molecule has 0 spiro atoms. The lowest BCUT2D eigenvalue weighted by molar-refractivity contribution is 0.0625. The van der Waals surface area contributed by atoms with Crippen molar-refractivity contribution in [1.29, 1.82) is 0 Å². The quantitative estimate of drug-likeness (QED) is 0.873. The van der Waals surface area contributed by atoms with Crippen LogP contribution in [-0.4, -0.2) is 38.6 Å². The van der Waals surface area contributed by atoms with Gasteiger partial charge in [0.05, 0.1) is 11.4 Å². The summed E-state index contributed by atoms with van der Waals surface area (Å²) in [4.78, 5) is 4.47. The van der Waals surface area contributed by atoms with Crippen LogP contribution in [0.3, 0.4) is 0 Å². The molecule has 0 bridgehead atoms. The maximum absolute atomic E-state index is 9.24. The van der Waals surface area contributed by atoms with Gasteiger partial charge in [0.15, 0.2) is 5.82 Å². The molecule has 1 aliphatic heterocycles. The molecule has 1 aromatic heterocycles. The Bertz CT molecular complexity index is 359. The van der Waals surface area contributed by atoms with Crippen molar-refractivity contribution in [2.45, 2.75) is 30.1 Å². The normalized spacial score (nSPS) is 34.7. The van der Waals surface area contributed by atoms with Gasteiger partial charge in [-0.3, -0.25) is 0 Å². The number of nitrogens with zero attached hydrogens (tertiary/aromatic N) is 2. The average Bonchev–Trinajstić information content (AvgIpc) is 2.75. The van der Waals surface area contributed by atoms with Crippen molar-refractivity contribution in [2.24, 2.45) is 0 Å². The van der Waals surface area contributed by atoms with Crippen LogP contribution in [0, 0.1) is 0 Å². The van der Waals surface area contributed by atoms with Gasteiger partial charge in [0.1, 0.15) is 0 Å². The van der Waals surface area contributed by atoms with Crippen LogP contribution in [0.15, 0.2) is 4.52 Å². The summed E-state index contributed by atoms with van der Waals surface area (Å²) in [5, 5.41) is 13.7. The Morgan fingerprint density at radius 1 is 1.31 bits per heavy atom. The highest BCUT2D eigenvalue weighted by Crippen LogP contribution is 2.39. The van der Waals surface area contributed by atoms with Crippen molar-refractivity contribution in [3.8, 4) is 0 Å². The highest BCUT2D eigenvalue weighted by atomic mass is 32.2. The van der Waals surface area contributed by atoms with Crippen molar-refractivity contribution in [3.63, 3.8) is 0 Å². The van der Waals surface area contributed by atoms with Crippen LogP contribution < -0.4 is 0 Å². The largest absolute Gasteiger partial charge is 0.393 e. The van der Waals surface area contributed by atoms with Crippen LogP contribution in [0.25, 0.3) is 0 Å². The first-order valence-corrected chi connectivity index (χ1v) is 7.74. The van der Waals surface area contributed by atoms with E-state index in [1.54, 1.807) is 0 Å². The smallest absolute Gasteiger partial charge is 0.229 e. The summed E-state index contributed by atoms with van der Waals surface area (Å²) >= 11 is 3.87. The number of aromatic nitrogens is 2.